The summed E-state index contributed by atoms with van der Waals surface area (Å²) in [6.07, 6.45) is 1.86. The third-order valence-electron chi connectivity index (χ3n) is 3.28. The van der Waals surface area contributed by atoms with E-state index in [0.717, 1.165) is 11.3 Å². The van der Waals surface area contributed by atoms with Gasteiger partial charge in [0.2, 0.25) is 0 Å². The number of thioether (sulfide) groups is 1. The lowest BCUT2D eigenvalue weighted by molar-refractivity contribution is -0.143. The first kappa shape index (κ1) is 16.8. The van der Waals surface area contributed by atoms with Gasteiger partial charge in [-0.15, -0.1) is 11.8 Å². The van der Waals surface area contributed by atoms with Gasteiger partial charge >= 0.3 is 5.97 Å². The van der Waals surface area contributed by atoms with Crippen molar-refractivity contribution in [1.82, 2.24) is 10.6 Å². The van der Waals surface area contributed by atoms with Crippen LogP contribution in [0.5, 0.6) is 0 Å². The number of allylic oxidation sites excluding steroid dienone is 1. The Morgan fingerprint density at radius 3 is 2.50 bits per heavy atom. The average Bonchev–Trinajstić information content (AvgIpc) is 2.45. The third kappa shape index (κ3) is 3.81. The SMILES string of the molecule is CSc1ccc([C@H]2NC(=S)NC(C)=C2C(=O)OC(C)C)cc1. The second kappa shape index (κ2) is 7.15. The molecule has 1 atom stereocenters. The molecule has 1 aromatic rings. The fourth-order valence-corrected chi connectivity index (χ4v) is 2.97. The van der Waals surface area contributed by atoms with Crippen LogP contribution in [0.2, 0.25) is 0 Å². The molecule has 1 aromatic carbocycles. The molecule has 0 radical (unpaired) electrons. The van der Waals surface area contributed by atoms with Gasteiger partial charge < -0.3 is 15.4 Å². The van der Waals surface area contributed by atoms with E-state index in [2.05, 4.69) is 10.6 Å². The number of thiocarbonyl (C=S) groups is 1. The van der Waals surface area contributed by atoms with Crippen LogP contribution >= 0.6 is 24.0 Å². The molecule has 0 saturated carbocycles. The number of esters is 1. The Kier molecular flexibility index (Phi) is 5.47. The molecule has 0 saturated heterocycles. The monoisotopic (exact) mass is 336 g/mol. The van der Waals surface area contributed by atoms with E-state index in [1.165, 1.54) is 4.90 Å². The number of carbonyl (C=O) groups is 1. The Morgan fingerprint density at radius 1 is 1.32 bits per heavy atom. The van der Waals surface area contributed by atoms with E-state index in [9.17, 15) is 4.79 Å². The molecule has 1 heterocycles. The highest BCUT2D eigenvalue weighted by atomic mass is 32.2. The molecule has 0 unspecified atom stereocenters. The fraction of sp³-hybridized carbons (Fsp3) is 0.375. The van der Waals surface area contributed by atoms with E-state index < -0.39 is 0 Å². The Bertz CT molecular complexity index is 609. The van der Waals surface area contributed by atoms with E-state index in [1.807, 2.05) is 51.3 Å². The summed E-state index contributed by atoms with van der Waals surface area (Å²) in [4.78, 5) is 13.6. The summed E-state index contributed by atoms with van der Waals surface area (Å²) >= 11 is 6.90. The van der Waals surface area contributed by atoms with Crippen LogP contribution in [0.25, 0.3) is 0 Å². The molecule has 1 aliphatic heterocycles. The summed E-state index contributed by atoms with van der Waals surface area (Å²) in [5, 5.41) is 6.67. The van der Waals surface area contributed by atoms with Crippen LogP contribution in [-0.2, 0) is 9.53 Å². The zero-order valence-corrected chi connectivity index (χ0v) is 14.7. The quantitative estimate of drug-likeness (QED) is 0.500. The van der Waals surface area contributed by atoms with Crippen molar-refractivity contribution in [2.24, 2.45) is 0 Å². The van der Waals surface area contributed by atoms with Crippen molar-refractivity contribution in [2.45, 2.75) is 37.8 Å². The van der Waals surface area contributed by atoms with Crippen LogP contribution in [0.3, 0.4) is 0 Å². The van der Waals surface area contributed by atoms with E-state index in [1.54, 1.807) is 11.8 Å². The molecule has 0 amide bonds. The molecule has 0 spiro atoms. The van der Waals surface area contributed by atoms with Crippen molar-refractivity contribution < 1.29 is 9.53 Å². The Labute approximate surface area is 140 Å². The van der Waals surface area contributed by atoms with Crippen molar-refractivity contribution in [3.05, 3.63) is 41.1 Å². The number of hydrogen-bond acceptors (Lipinski definition) is 4. The molecule has 0 fully saturated rings. The summed E-state index contributed by atoms with van der Waals surface area (Å²) in [6, 6.07) is 7.79. The second-order valence-electron chi connectivity index (χ2n) is 5.30. The molecule has 118 valence electrons. The molecule has 6 heteroatoms. The maximum atomic E-state index is 12.4. The van der Waals surface area contributed by atoms with Gasteiger partial charge in [0.1, 0.15) is 0 Å². The van der Waals surface area contributed by atoms with Gasteiger partial charge in [0.05, 0.1) is 17.7 Å². The van der Waals surface area contributed by atoms with Gasteiger partial charge in [0.15, 0.2) is 5.11 Å². The summed E-state index contributed by atoms with van der Waals surface area (Å²) < 4.78 is 5.37. The molecule has 0 bridgehead atoms. The second-order valence-corrected chi connectivity index (χ2v) is 6.59. The van der Waals surface area contributed by atoms with E-state index in [-0.39, 0.29) is 18.1 Å². The summed E-state index contributed by atoms with van der Waals surface area (Å²) in [6.45, 7) is 5.52. The molecule has 2 N–H and O–H groups in total. The number of hydrogen-bond donors (Lipinski definition) is 2. The molecule has 4 nitrogen and oxygen atoms in total. The van der Waals surface area contributed by atoms with Crippen LogP contribution in [0.4, 0.5) is 0 Å². The topological polar surface area (TPSA) is 50.4 Å². The lowest BCUT2D eigenvalue weighted by atomic mass is 9.96. The first-order valence-corrected chi connectivity index (χ1v) is 8.69. The number of benzene rings is 1. The van der Waals surface area contributed by atoms with Crippen molar-refractivity contribution in [2.75, 3.05) is 6.26 Å². The van der Waals surface area contributed by atoms with Crippen molar-refractivity contribution in [3.63, 3.8) is 0 Å². The van der Waals surface area contributed by atoms with Crippen LogP contribution in [0.1, 0.15) is 32.4 Å². The van der Waals surface area contributed by atoms with Gasteiger partial charge in [-0.25, -0.2) is 4.79 Å². The number of carbonyl (C=O) groups excluding carboxylic acids is 1. The highest BCUT2D eigenvalue weighted by Gasteiger charge is 2.31. The van der Waals surface area contributed by atoms with Crippen molar-refractivity contribution in [1.29, 1.82) is 0 Å². The minimum Gasteiger partial charge on any atom is -0.459 e. The van der Waals surface area contributed by atoms with Gasteiger partial charge in [-0.3, -0.25) is 0 Å². The number of ether oxygens (including phenoxy) is 1. The smallest absolute Gasteiger partial charge is 0.338 e. The zero-order chi connectivity index (χ0) is 16.3. The lowest BCUT2D eigenvalue weighted by Gasteiger charge is -2.30. The third-order valence-corrected chi connectivity index (χ3v) is 4.24. The molecule has 2 rings (SSSR count). The first-order chi connectivity index (χ1) is 10.4. The Balaban J connectivity index is 2.38. The van der Waals surface area contributed by atoms with E-state index in [4.69, 9.17) is 17.0 Å². The van der Waals surface area contributed by atoms with Crippen LogP contribution in [0, 0.1) is 0 Å². The fourth-order valence-electron chi connectivity index (χ4n) is 2.29. The molecule has 22 heavy (non-hydrogen) atoms. The van der Waals surface area contributed by atoms with Crippen molar-refractivity contribution >= 4 is 35.1 Å². The minimum absolute atomic E-state index is 0.166. The largest absolute Gasteiger partial charge is 0.459 e. The maximum absolute atomic E-state index is 12.4. The molecule has 0 aliphatic carbocycles. The van der Waals surface area contributed by atoms with E-state index in [0.29, 0.717) is 10.7 Å². The molecule has 0 aromatic heterocycles. The van der Waals surface area contributed by atoms with Gasteiger partial charge in [-0.05, 0) is 56.9 Å². The number of rotatable bonds is 4. The maximum Gasteiger partial charge on any atom is 0.338 e. The normalized spacial score (nSPS) is 18.0. The lowest BCUT2D eigenvalue weighted by Crippen LogP contribution is -2.45. The predicted molar refractivity (Wildman–Crippen MR) is 93.8 cm³/mol. The standard InChI is InChI=1S/C16H20N2O2S2/c1-9(2)20-15(19)13-10(3)17-16(21)18-14(13)11-5-7-12(22-4)8-6-11/h5-9,14H,1-4H3,(H2,17,18,21)/t14-/m1/s1. The number of nitrogens with one attached hydrogen (secondary N) is 2. The first-order valence-electron chi connectivity index (χ1n) is 7.05. The molecular weight excluding hydrogens is 316 g/mol. The average molecular weight is 336 g/mol. The predicted octanol–water partition coefficient (Wildman–Crippen LogP) is 3.15. The highest BCUT2D eigenvalue weighted by molar-refractivity contribution is 7.98. The summed E-state index contributed by atoms with van der Waals surface area (Å²) in [5.74, 6) is -0.325. The van der Waals surface area contributed by atoms with Crippen molar-refractivity contribution in [3.8, 4) is 0 Å². The van der Waals surface area contributed by atoms with Gasteiger partial charge in [-0.1, -0.05) is 12.1 Å². The van der Waals surface area contributed by atoms with Crippen LogP contribution in [-0.4, -0.2) is 23.4 Å². The zero-order valence-electron chi connectivity index (χ0n) is 13.1. The van der Waals surface area contributed by atoms with Crippen LogP contribution in [0.15, 0.2) is 40.4 Å². The van der Waals surface area contributed by atoms with Gasteiger partial charge in [0, 0.05) is 10.6 Å². The highest BCUT2D eigenvalue weighted by Crippen LogP contribution is 2.29. The van der Waals surface area contributed by atoms with Gasteiger partial charge in [0.25, 0.3) is 0 Å². The van der Waals surface area contributed by atoms with Crippen LogP contribution < -0.4 is 10.6 Å². The Hall–Kier alpha value is -1.53. The molecular formula is C16H20N2O2S2. The van der Waals surface area contributed by atoms with Gasteiger partial charge in [-0.2, -0.15) is 0 Å². The minimum atomic E-state index is -0.325. The molecule has 1 aliphatic rings. The van der Waals surface area contributed by atoms with E-state index >= 15 is 0 Å². The summed E-state index contributed by atoms with van der Waals surface area (Å²) in [5.41, 5.74) is 2.28. The summed E-state index contributed by atoms with van der Waals surface area (Å²) in [7, 11) is 0. The Morgan fingerprint density at radius 2 is 1.95 bits per heavy atom.